The first-order valence-corrected chi connectivity index (χ1v) is 7.53. The second-order valence-electron chi connectivity index (χ2n) is 6.07. The number of likely N-dealkylation sites (tertiary alicyclic amines) is 1. The average molecular weight is 279 g/mol. The molecule has 0 radical (unpaired) electrons. The number of hydrogen-bond donors (Lipinski definition) is 1. The summed E-state index contributed by atoms with van der Waals surface area (Å²) in [5.74, 6) is -0.204. The summed E-state index contributed by atoms with van der Waals surface area (Å²) in [7, 11) is 0. The summed E-state index contributed by atoms with van der Waals surface area (Å²) in [6, 6.07) is 5.58. The third kappa shape index (κ3) is 2.62. The minimum Gasteiger partial charge on any atom is -0.399 e. The van der Waals surface area contributed by atoms with Crippen LogP contribution in [0.2, 0.25) is 0 Å². The Labute approximate surface area is 121 Å². The van der Waals surface area contributed by atoms with Gasteiger partial charge in [-0.1, -0.05) is 13.8 Å². The first-order chi connectivity index (χ1) is 9.49. The standard InChI is InChI=1S/C14H20FN3.C2H6/c1-10(2)17-6-14(7-17)8-18(9-14)13-4-3-11(16)5-12(13)15;1-2/h3-5,10H,6-9,16H2,1-2H3;1-2H3. The van der Waals surface area contributed by atoms with Crippen molar-refractivity contribution in [3.8, 4) is 0 Å². The maximum absolute atomic E-state index is 13.8. The zero-order valence-corrected chi connectivity index (χ0v) is 13.0. The quantitative estimate of drug-likeness (QED) is 0.845. The molecule has 1 aromatic carbocycles. The molecule has 2 N–H and O–H groups in total. The first-order valence-electron chi connectivity index (χ1n) is 7.53. The van der Waals surface area contributed by atoms with Crippen LogP contribution in [-0.4, -0.2) is 37.1 Å². The molecule has 0 atom stereocenters. The van der Waals surface area contributed by atoms with Crippen LogP contribution in [0.1, 0.15) is 27.7 Å². The number of benzene rings is 1. The Balaban J connectivity index is 0.000000704. The third-order valence-electron chi connectivity index (χ3n) is 4.17. The Bertz CT molecular complexity index is 459. The smallest absolute Gasteiger partial charge is 0.148 e. The lowest BCUT2D eigenvalue weighted by Crippen LogP contribution is -2.73. The fourth-order valence-corrected chi connectivity index (χ4v) is 3.09. The van der Waals surface area contributed by atoms with E-state index < -0.39 is 0 Å². The summed E-state index contributed by atoms with van der Waals surface area (Å²) in [5.41, 5.74) is 7.16. The minimum atomic E-state index is -0.204. The molecule has 2 aliphatic heterocycles. The first kappa shape index (κ1) is 15.1. The fourth-order valence-electron chi connectivity index (χ4n) is 3.09. The van der Waals surface area contributed by atoms with Crippen LogP contribution in [0.3, 0.4) is 0 Å². The molecule has 0 amide bonds. The molecule has 2 fully saturated rings. The molecule has 4 heteroatoms. The van der Waals surface area contributed by atoms with E-state index in [2.05, 4.69) is 23.6 Å². The zero-order valence-electron chi connectivity index (χ0n) is 13.0. The van der Waals surface area contributed by atoms with Crippen LogP contribution in [0.15, 0.2) is 18.2 Å². The number of anilines is 2. The molecule has 2 aliphatic rings. The third-order valence-corrected chi connectivity index (χ3v) is 4.17. The number of hydrogen-bond acceptors (Lipinski definition) is 3. The Morgan fingerprint density at radius 3 is 2.25 bits per heavy atom. The second kappa shape index (κ2) is 5.60. The van der Waals surface area contributed by atoms with E-state index in [0.717, 1.165) is 26.2 Å². The molecular weight excluding hydrogens is 253 g/mol. The molecule has 2 saturated heterocycles. The van der Waals surface area contributed by atoms with Gasteiger partial charge in [-0.25, -0.2) is 4.39 Å². The molecule has 0 aliphatic carbocycles. The van der Waals surface area contributed by atoms with Gasteiger partial charge in [0, 0.05) is 43.3 Å². The highest BCUT2D eigenvalue weighted by molar-refractivity contribution is 5.57. The van der Waals surface area contributed by atoms with Crippen LogP contribution >= 0.6 is 0 Å². The van der Waals surface area contributed by atoms with E-state index in [1.807, 2.05) is 13.8 Å². The summed E-state index contributed by atoms with van der Waals surface area (Å²) in [4.78, 5) is 4.59. The van der Waals surface area contributed by atoms with Crippen LogP contribution in [0, 0.1) is 11.2 Å². The van der Waals surface area contributed by atoms with Crippen LogP contribution in [0.25, 0.3) is 0 Å². The van der Waals surface area contributed by atoms with Crippen molar-refractivity contribution < 1.29 is 4.39 Å². The lowest BCUT2D eigenvalue weighted by molar-refractivity contribution is -0.0413. The summed E-state index contributed by atoms with van der Waals surface area (Å²) in [5, 5.41) is 0. The number of rotatable bonds is 2. The van der Waals surface area contributed by atoms with Crippen molar-refractivity contribution in [3.05, 3.63) is 24.0 Å². The van der Waals surface area contributed by atoms with Gasteiger partial charge >= 0.3 is 0 Å². The van der Waals surface area contributed by atoms with E-state index in [9.17, 15) is 4.39 Å². The van der Waals surface area contributed by atoms with Crippen molar-refractivity contribution in [1.29, 1.82) is 0 Å². The van der Waals surface area contributed by atoms with Gasteiger partial charge in [-0.05, 0) is 32.0 Å². The minimum absolute atomic E-state index is 0.204. The molecule has 0 aromatic heterocycles. The van der Waals surface area contributed by atoms with Crippen LogP contribution in [-0.2, 0) is 0 Å². The van der Waals surface area contributed by atoms with Crippen molar-refractivity contribution >= 4 is 11.4 Å². The van der Waals surface area contributed by atoms with E-state index in [0.29, 0.717) is 22.8 Å². The monoisotopic (exact) mass is 279 g/mol. The van der Waals surface area contributed by atoms with Gasteiger partial charge in [-0.15, -0.1) is 0 Å². The molecule has 2 heterocycles. The predicted molar refractivity (Wildman–Crippen MR) is 83.5 cm³/mol. The molecular formula is C16H26FN3. The van der Waals surface area contributed by atoms with Crippen LogP contribution in [0.5, 0.6) is 0 Å². The highest BCUT2D eigenvalue weighted by Gasteiger charge is 2.52. The van der Waals surface area contributed by atoms with Crippen molar-refractivity contribution in [2.24, 2.45) is 5.41 Å². The molecule has 1 spiro atoms. The van der Waals surface area contributed by atoms with Crippen LogP contribution < -0.4 is 10.6 Å². The molecule has 3 rings (SSSR count). The number of halogens is 1. The van der Waals surface area contributed by atoms with Gasteiger partial charge < -0.3 is 10.6 Å². The van der Waals surface area contributed by atoms with Crippen molar-refractivity contribution in [2.75, 3.05) is 36.8 Å². The normalized spacial score (nSPS) is 20.2. The topological polar surface area (TPSA) is 32.5 Å². The Morgan fingerprint density at radius 2 is 1.75 bits per heavy atom. The average Bonchev–Trinajstić information content (AvgIpc) is 2.30. The number of nitrogens with zero attached hydrogens (tertiary/aromatic N) is 2. The van der Waals surface area contributed by atoms with Crippen LogP contribution in [0.4, 0.5) is 15.8 Å². The SMILES string of the molecule is CC.CC(C)N1CC2(CN(c3ccc(N)cc3F)C2)C1. The Morgan fingerprint density at radius 1 is 1.15 bits per heavy atom. The molecule has 3 nitrogen and oxygen atoms in total. The van der Waals surface area contributed by atoms with Gasteiger partial charge in [-0.2, -0.15) is 0 Å². The number of nitrogen functional groups attached to an aromatic ring is 1. The maximum atomic E-state index is 13.8. The zero-order chi connectivity index (χ0) is 14.9. The highest BCUT2D eigenvalue weighted by Crippen LogP contribution is 2.43. The van der Waals surface area contributed by atoms with Crippen molar-refractivity contribution in [1.82, 2.24) is 4.90 Å². The Kier molecular flexibility index (Phi) is 4.23. The van der Waals surface area contributed by atoms with Gasteiger partial charge in [0.25, 0.3) is 0 Å². The van der Waals surface area contributed by atoms with Gasteiger partial charge in [-0.3, -0.25) is 4.90 Å². The highest BCUT2D eigenvalue weighted by atomic mass is 19.1. The van der Waals surface area contributed by atoms with Crippen molar-refractivity contribution in [2.45, 2.75) is 33.7 Å². The largest absolute Gasteiger partial charge is 0.399 e. The molecule has 1 aromatic rings. The van der Waals surface area contributed by atoms with Gasteiger partial charge in [0.1, 0.15) is 5.82 Å². The van der Waals surface area contributed by atoms with E-state index >= 15 is 0 Å². The summed E-state index contributed by atoms with van der Waals surface area (Å²) >= 11 is 0. The predicted octanol–water partition coefficient (Wildman–Crippen LogP) is 2.96. The fraction of sp³-hybridized carbons (Fsp3) is 0.625. The lowest BCUT2D eigenvalue weighted by atomic mass is 9.72. The maximum Gasteiger partial charge on any atom is 0.148 e. The summed E-state index contributed by atoms with van der Waals surface area (Å²) < 4.78 is 13.8. The van der Waals surface area contributed by atoms with Gasteiger partial charge in [0.2, 0.25) is 0 Å². The lowest BCUT2D eigenvalue weighted by Gasteiger charge is -2.62. The number of nitrogens with two attached hydrogens (primary N) is 1. The summed E-state index contributed by atoms with van der Waals surface area (Å²) in [6.45, 7) is 12.7. The molecule has 112 valence electrons. The molecule has 0 bridgehead atoms. The van der Waals surface area contributed by atoms with E-state index in [4.69, 9.17) is 5.73 Å². The molecule has 0 unspecified atom stereocenters. The van der Waals surface area contributed by atoms with E-state index in [1.54, 1.807) is 12.1 Å². The van der Waals surface area contributed by atoms with E-state index in [1.165, 1.54) is 6.07 Å². The van der Waals surface area contributed by atoms with E-state index in [-0.39, 0.29) is 5.82 Å². The second-order valence-corrected chi connectivity index (χ2v) is 6.07. The molecule has 20 heavy (non-hydrogen) atoms. The van der Waals surface area contributed by atoms with Gasteiger partial charge in [0.15, 0.2) is 0 Å². The Hall–Kier alpha value is -1.29. The molecule has 0 saturated carbocycles. The van der Waals surface area contributed by atoms with Gasteiger partial charge in [0.05, 0.1) is 5.69 Å². The summed E-state index contributed by atoms with van der Waals surface area (Å²) in [6.07, 6.45) is 0. The van der Waals surface area contributed by atoms with Crippen molar-refractivity contribution in [3.63, 3.8) is 0 Å².